The molecule has 3 aliphatic heterocycles. The fraction of sp³-hybridized carbons (Fsp3) is 0.310. The van der Waals surface area contributed by atoms with Gasteiger partial charge in [-0.25, -0.2) is 0 Å². The van der Waals surface area contributed by atoms with E-state index in [0.29, 0.717) is 40.6 Å². The second-order valence-electron chi connectivity index (χ2n) is 9.55. The molecule has 2 N–H and O–H groups in total. The molecular weight excluding hydrogens is 516 g/mol. The SMILES string of the molecule is COc1ccc2cc1OCC(=O)NCc1ccc(cc1)O[C@H]1CN(C(=O)c3cc(C)ncc3OC)C[C@@H]1NC2=O. The Kier molecular flexibility index (Phi) is 7.72. The number of ether oxygens (including phenoxy) is 4. The van der Waals surface area contributed by atoms with Crippen LogP contribution in [-0.2, 0) is 11.3 Å². The molecule has 1 aromatic heterocycles. The Balaban J connectivity index is 1.46. The third kappa shape index (κ3) is 5.78. The van der Waals surface area contributed by atoms with E-state index in [1.165, 1.54) is 26.5 Å². The largest absolute Gasteiger partial charge is 0.494 e. The minimum atomic E-state index is -0.531. The number of benzene rings is 2. The second-order valence-corrected chi connectivity index (χ2v) is 9.55. The lowest BCUT2D eigenvalue weighted by molar-refractivity contribution is -0.123. The summed E-state index contributed by atoms with van der Waals surface area (Å²) in [5.74, 6) is 0.637. The number of amides is 3. The van der Waals surface area contributed by atoms with Crippen molar-refractivity contribution in [3.8, 4) is 23.0 Å². The Morgan fingerprint density at radius 1 is 1.02 bits per heavy atom. The number of rotatable bonds is 3. The highest BCUT2D eigenvalue weighted by Crippen LogP contribution is 2.29. The molecule has 3 amide bonds. The lowest BCUT2D eigenvalue weighted by Gasteiger charge is -2.21. The number of methoxy groups -OCH3 is 2. The summed E-state index contributed by atoms with van der Waals surface area (Å²) in [5.41, 5.74) is 2.25. The molecule has 2 atom stereocenters. The van der Waals surface area contributed by atoms with Crippen molar-refractivity contribution < 1.29 is 33.3 Å². The number of hydrogen-bond acceptors (Lipinski definition) is 8. The van der Waals surface area contributed by atoms with E-state index in [1.807, 2.05) is 12.1 Å². The van der Waals surface area contributed by atoms with Gasteiger partial charge in [0.25, 0.3) is 17.7 Å². The van der Waals surface area contributed by atoms with E-state index < -0.39 is 12.1 Å². The quantitative estimate of drug-likeness (QED) is 0.511. The Bertz CT molecular complexity index is 1430. The number of aryl methyl sites for hydroxylation is 1. The van der Waals surface area contributed by atoms with E-state index >= 15 is 0 Å². The molecule has 1 saturated heterocycles. The fourth-order valence-corrected chi connectivity index (χ4v) is 4.68. The number of fused-ring (bicyclic) bond motifs is 7. The monoisotopic (exact) mass is 546 g/mol. The number of carbonyl (C=O) groups excluding carboxylic acids is 3. The maximum Gasteiger partial charge on any atom is 0.258 e. The topological polar surface area (TPSA) is 128 Å². The van der Waals surface area contributed by atoms with Gasteiger partial charge in [0.15, 0.2) is 18.1 Å². The van der Waals surface area contributed by atoms with Crippen LogP contribution in [0.4, 0.5) is 0 Å². The van der Waals surface area contributed by atoms with Crippen molar-refractivity contribution in [2.75, 3.05) is 33.9 Å². The zero-order chi connectivity index (χ0) is 28.2. The number of hydrogen-bond donors (Lipinski definition) is 2. The van der Waals surface area contributed by atoms with Gasteiger partial charge >= 0.3 is 0 Å². The molecule has 0 aliphatic carbocycles. The van der Waals surface area contributed by atoms with Gasteiger partial charge in [-0.3, -0.25) is 19.4 Å². The van der Waals surface area contributed by atoms with Gasteiger partial charge in [-0.2, -0.15) is 0 Å². The zero-order valence-corrected chi connectivity index (χ0v) is 22.4. The van der Waals surface area contributed by atoms with E-state index in [9.17, 15) is 14.4 Å². The van der Waals surface area contributed by atoms with Gasteiger partial charge in [0.1, 0.15) is 17.6 Å². The van der Waals surface area contributed by atoms with Crippen LogP contribution in [0.25, 0.3) is 0 Å². The number of likely N-dealkylation sites (tertiary alicyclic amines) is 1. The molecule has 4 bridgehead atoms. The molecule has 1 fully saturated rings. The first kappa shape index (κ1) is 26.8. The van der Waals surface area contributed by atoms with Gasteiger partial charge in [0.05, 0.1) is 38.6 Å². The maximum absolute atomic E-state index is 13.6. The van der Waals surface area contributed by atoms with E-state index in [1.54, 1.807) is 42.2 Å². The Labute approximate surface area is 231 Å². The van der Waals surface area contributed by atoms with Crippen LogP contribution in [0.5, 0.6) is 23.0 Å². The van der Waals surface area contributed by atoms with Crippen LogP contribution >= 0.6 is 0 Å². The van der Waals surface area contributed by atoms with E-state index in [-0.39, 0.29) is 43.2 Å². The first-order chi connectivity index (χ1) is 19.3. The van der Waals surface area contributed by atoms with E-state index in [2.05, 4.69) is 15.6 Å². The smallest absolute Gasteiger partial charge is 0.258 e. The molecule has 2 aromatic carbocycles. The van der Waals surface area contributed by atoms with Gasteiger partial charge in [-0.05, 0) is 48.9 Å². The van der Waals surface area contributed by atoms with Crippen molar-refractivity contribution in [3.63, 3.8) is 0 Å². The lowest BCUT2D eigenvalue weighted by Crippen LogP contribution is -2.45. The number of nitrogens with one attached hydrogen (secondary N) is 2. The summed E-state index contributed by atoms with van der Waals surface area (Å²) in [6.45, 7) is 2.32. The molecule has 0 radical (unpaired) electrons. The van der Waals surface area contributed by atoms with Crippen molar-refractivity contribution in [2.24, 2.45) is 0 Å². The molecule has 3 aromatic rings. The van der Waals surface area contributed by atoms with Crippen LogP contribution in [0.15, 0.2) is 54.7 Å². The average Bonchev–Trinajstić information content (AvgIpc) is 3.36. The third-order valence-electron chi connectivity index (χ3n) is 6.81. The van der Waals surface area contributed by atoms with Crippen LogP contribution in [0.1, 0.15) is 32.0 Å². The summed E-state index contributed by atoms with van der Waals surface area (Å²) in [5, 5.41) is 5.83. The highest BCUT2D eigenvalue weighted by molar-refractivity contribution is 5.98. The van der Waals surface area contributed by atoms with Crippen LogP contribution in [-0.4, -0.2) is 73.7 Å². The van der Waals surface area contributed by atoms with Gasteiger partial charge in [-0.1, -0.05) is 12.1 Å². The van der Waals surface area contributed by atoms with Crippen molar-refractivity contribution >= 4 is 17.7 Å². The number of nitrogens with zero attached hydrogens (tertiary/aromatic N) is 2. The first-order valence-corrected chi connectivity index (χ1v) is 12.8. The van der Waals surface area contributed by atoms with Crippen molar-refractivity contribution in [1.82, 2.24) is 20.5 Å². The second kappa shape index (κ2) is 11.5. The van der Waals surface area contributed by atoms with Gasteiger partial charge in [-0.15, -0.1) is 0 Å². The Morgan fingerprint density at radius 2 is 1.80 bits per heavy atom. The van der Waals surface area contributed by atoms with E-state index in [0.717, 1.165) is 5.56 Å². The predicted molar refractivity (Wildman–Crippen MR) is 144 cm³/mol. The molecule has 0 unspecified atom stereocenters. The Morgan fingerprint density at radius 3 is 2.55 bits per heavy atom. The zero-order valence-electron chi connectivity index (χ0n) is 22.4. The summed E-state index contributed by atoms with van der Waals surface area (Å²) < 4.78 is 22.7. The van der Waals surface area contributed by atoms with Crippen molar-refractivity contribution in [1.29, 1.82) is 0 Å². The molecule has 11 nitrogen and oxygen atoms in total. The third-order valence-corrected chi connectivity index (χ3v) is 6.81. The molecule has 208 valence electrons. The molecule has 0 saturated carbocycles. The number of carbonyl (C=O) groups is 3. The lowest BCUT2D eigenvalue weighted by atomic mass is 10.1. The standard InChI is InChI=1S/C29H30N4O7/c1-17-10-21(25(38-3)13-30-17)29(36)33-14-22-26(15-33)40-20-7-4-18(5-8-20)12-31-27(34)16-39-24-11-19(28(35)32-22)6-9-23(24)37-2/h4-11,13,22,26H,12,14-16H2,1-3H3,(H,31,34)(H,32,35)/t22-,26-/m0/s1. The maximum atomic E-state index is 13.6. The van der Waals surface area contributed by atoms with Crippen molar-refractivity contribution in [3.05, 3.63) is 77.1 Å². The highest BCUT2D eigenvalue weighted by atomic mass is 16.5. The summed E-state index contributed by atoms with van der Waals surface area (Å²) >= 11 is 0. The molecular formula is C29H30N4O7. The summed E-state index contributed by atoms with van der Waals surface area (Å²) in [6.07, 6.45) is 0.991. The molecule has 3 aliphatic rings. The number of aromatic nitrogens is 1. The molecule has 6 rings (SSSR count). The van der Waals surface area contributed by atoms with E-state index in [4.69, 9.17) is 18.9 Å². The Hall–Kier alpha value is -4.80. The summed E-state index contributed by atoms with van der Waals surface area (Å²) in [7, 11) is 2.97. The minimum absolute atomic E-state index is 0.218. The van der Waals surface area contributed by atoms with Gasteiger partial charge in [0.2, 0.25) is 0 Å². The summed E-state index contributed by atoms with van der Waals surface area (Å²) in [6, 6.07) is 13.2. The normalized spacial score (nSPS) is 18.9. The van der Waals surface area contributed by atoms with Crippen molar-refractivity contribution in [2.45, 2.75) is 25.6 Å². The molecule has 11 heteroatoms. The fourth-order valence-electron chi connectivity index (χ4n) is 4.68. The van der Waals surface area contributed by atoms with Crippen LogP contribution in [0, 0.1) is 6.92 Å². The molecule has 4 heterocycles. The molecule has 40 heavy (non-hydrogen) atoms. The van der Waals surface area contributed by atoms with Gasteiger partial charge < -0.3 is 34.5 Å². The number of pyridine rings is 1. The average molecular weight is 547 g/mol. The van der Waals surface area contributed by atoms with Gasteiger partial charge in [0, 0.05) is 24.3 Å². The predicted octanol–water partition coefficient (Wildman–Crippen LogP) is 2.12. The van der Waals surface area contributed by atoms with Crippen LogP contribution in [0.2, 0.25) is 0 Å². The first-order valence-electron chi connectivity index (χ1n) is 12.8. The summed E-state index contributed by atoms with van der Waals surface area (Å²) in [4.78, 5) is 45.1. The van der Waals surface area contributed by atoms with Crippen LogP contribution < -0.4 is 29.6 Å². The minimum Gasteiger partial charge on any atom is -0.494 e. The highest BCUT2D eigenvalue weighted by Gasteiger charge is 2.39. The molecule has 0 spiro atoms. The van der Waals surface area contributed by atoms with Crippen LogP contribution in [0.3, 0.4) is 0 Å².